The standard InChI is InChI=1S/C15H16N2O2/c1-2-12-4-3-5-14(10-12)17(15(18)19)11-13-6-8-16-9-7-13/h3-10H,2,11H2,1H3,(H,18,19). The lowest BCUT2D eigenvalue weighted by Gasteiger charge is -2.20. The zero-order valence-electron chi connectivity index (χ0n) is 10.8. The molecule has 0 fully saturated rings. The lowest BCUT2D eigenvalue weighted by atomic mass is 10.1. The number of amides is 1. The number of anilines is 1. The van der Waals surface area contributed by atoms with Crippen LogP contribution in [-0.4, -0.2) is 16.2 Å². The fourth-order valence-electron chi connectivity index (χ4n) is 1.88. The minimum Gasteiger partial charge on any atom is -0.465 e. The summed E-state index contributed by atoms with van der Waals surface area (Å²) in [5, 5.41) is 9.36. The summed E-state index contributed by atoms with van der Waals surface area (Å²) in [4.78, 5) is 16.7. The number of carbonyl (C=O) groups is 1. The molecule has 0 aliphatic carbocycles. The van der Waals surface area contributed by atoms with Gasteiger partial charge in [-0.2, -0.15) is 0 Å². The molecule has 0 atom stereocenters. The smallest absolute Gasteiger partial charge is 0.412 e. The lowest BCUT2D eigenvalue weighted by Crippen LogP contribution is -2.28. The van der Waals surface area contributed by atoms with Crippen molar-refractivity contribution in [1.82, 2.24) is 4.98 Å². The predicted molar refractivity (Wildman–Crippen MR) is 74.3 cm³/mol. The highest BCUT2D eigenvalue weighted by molar-refractivity contribution is 5.86. The van der Waals surface area contributed by atoms with Gasteiger partial charge in [0, 0.05) is 18.1 Å². The van der Waals surface area contributed by atoms with Crippen LogP contribution in [0.5, 0.6) is 0 Å². The fourth-order valence-corrected chi connectivity index (χ4v) is 1.88. The highest BCUT2D eigenvalue weighted by Gasteiger charge is 2.14. The molecule has 4 nitrogen and oxygen atoms in total. The predicted octanol–water partition coefficient (Wildman–Crippen LogP) is 3.33. The Labute approximate surface area is 112 Å². The van der Waals surface area contributed by atoms with Crippen LogP contribution in [0.3, 0.4) is 0 Å². The molecule has 4 heteroatoms. The molecule has 2 aromatic rings. The maximum atomic E-state index is 11.4. The number of pyridine rings is 1. The van der Waals surface area contributed by atoms with Gasteiger partial charge in [-0.1, -0.05) is 19.1 Å². The van der Waals surface area contributed by atoms with Gasteiger partial charge in [-0.3, -0.25) is 9.88 Å². The van der Waals surface area contributed by atoms with Gasteiger partial charge in [-0.05, 0) is 41.8 Å². The van der Waals surface area contributed by atoms with Gasteiger partial charge in [-0.25, -0.2) is 4.79 Å². The molecule has 0 aliphatic heterocycles. The molecule has 2 rings (SSSR count). The number of rotatable bonds is 4. The van der Waals surface area contributed by atoms with Crippen molar-refractivity contribution in [3.8, 4) is 0 Å². The molecule has 1 aromatic carbocycles. The molecule has 0 saturated heterocycles. The van der Waals surface area contributed by atoms with Crippen LogP contribution in [0.25, 0.3) is 0 Å². The average Bonchev–Trinajstić information content (AvgIpc) is 2.45. The Morgan fingerprint density at radius 3 is 2.58 bits per heavy atom. The van der Waals surface area contributed by atoms with Crippen molar-refractivity contribution in [3.05, 3.63) is 59.9 Å². The van der Waals surface area contributed by atoms with Crippen LogP contribution in [0.4, 0.5) is 10.5 Å². The van der Waals surface area contributed by atoms with E-state index in [1.54, 1.807) is 12.4 Å². The van der Waals surface area contributed by atoms with E-state index in [4.69, 9.17) is 0 Å². The van der Waals surface area contributed by atoms with Crippen LogP contribution in [-0.2, 0) is 13.0 Å². The van der Waals surface area contributed by atoms with Gasteiger partial charge in [0.05, 0.1) is 6.54 Å². The lowest BCUT2D eigenvalue weighted by molar-refractivity contribution is 0.201. The van der Waals surface area contributed by atoms with Crippen molar-refractivity contribution >= 4 is 11.8 Å². The largest absolute Gasteiger partial charge is 0.465 e. The van der Waals surface area contributed by atoms with Crippen molar-refractivity contribution in [1.29, 1.82) is 0 Å². The van der Waals surface area contributed by atoms with E-state index in [9.17, 15) is 9.90 Å². The zero-order chi connectivity index (χ0) is 13.7. The van der Waals surface area contributed by atoms with Gasteiger partial charge >= 0.3 is 6.09 Å². The number of hydrogen-bond acceptors (Lipinski definition) is 2. The summed E-state index contributed by atoms with van der Waals surface area (Å²) in [6.45, 7) is 2.37. The molecule has 1 amide bonds. The summed E-state index contributed by atoms with van der Waals surface area (Å²) >= 11 is 0. The molecule has 0 aliphatic rings. The molecule has 1 N–H and O–H groups in total. The maximum Gasteiger partial charge on any atom is 0.412 e. The summed E-state index contributed by atoms with van der Waals surface area (Å²) in [5.74, 6) is 0. The second-order valence-electron chi connectivity index (χ2n) is 4.25. The number of benzene rings is 1. The van der Waals surface area contributed by atoms with E-state index in [2.05, 4.69) is 4.98 Å². The topological polar surface area (TPSA) is 53.4 Å². The first kappa shape index (κ1) is 13.1. The van der Waals surface area contributed by atoms with Crippen LogP contribution in [0.2, 0.25) is 0 Å². The highest BCUT2D eigenvalue weighted by atomic mass is 16.4. The van der Waals surface area contributed by atoms with E-state index in [-0.39, 0.29) is 0 Å². The molecule has 0 saturated carbocycles. The van der Waals surface area contributed by atoms with Gasteiger partial charge < -0.3 is 5.11 Å². The van der Waals surface area contributed by atoms with Crippen LogP contribution in [0.15, 0.2) is 48.8 Å². The maximum absolute atomic E-state index is 11.4. The van der Waals surface area contributed by atoms with Gasteiger partial charge in [0.1, 0.15) is 0 Å². The molecule has 1 heterocycles. The Hall–Kier alpha value is -2.36. The summed E-state index contributed by atoms with van der Waals surface area (Å²) in [5.41, 5.74) is 2.74. The molecule has 0 radical (unpaired) electrons. The second kappa shape index (κ2) is 6.00. The van der Waals surface area contributed by atoms with Crippen LogP contribution >= 0.6 is 0 Å². The monoisotopic (exact) mass is 256 g/mol. The molecule has 19 heavy (non-hydrogen) atoms. The quantitative estimate of drug-likeness (QED) is 0.912. The zero-order valence-corrected chi connectivity index (χ0v) is 10.8. The van der Waals surface area contributed by atoms with Crippen molar-refractivity contribution in [2.45, 2.75) is 19.9 Å². The minimum atomic E-state index is -0.954. The number of hydrogen-bond donors (Lipinski definition) is 1. The Morgan fingerprint density at radius 1 is 1.21 bits per heavy atom. The average molecular weight is 256 g/mol. The van der Waals surface area contributed by atoms with Gasteiger partial charge in [-0.15, -0.1) is 0 Å². The number of nitrogens with zero attached hydrogens (tertiary/aromatic N) is 2. The third-order valence-electron chi connectivity index (χ3n) is 2.95. The van der Waals surface area contributed by atoms with Gasteiger partial charge in [0.2, 0.25) is 0 Å². The minimum absolute atomic E-state index is 0.324. The molecular formula is C15H16N2O2. The van der Waals surface area contributed by atoms with Crippen molar-refractivity contribution in [2.75, 3.05) is 4.90 Å². The first-order valence-corrected chi connectivity index (χ1v) is 6.19. The summed E-state index contributed by atoms with van der Waals surface area (Å²) in [7, 11) is 0. The first-order valence-electron chi connectivity index (χ1n) is 6.19. The molecule has 0 unspecified atom stereocenters. The van der Waals surface area contributed by atoms with E-state index in [0.29, 0.717) is 12.2 Å². The van der Waals surface area contributed by atoms with Crippen molar-refractivity contribution in [3.63, 3.8) is 0 Å². The Balaban J connectivity index is 2.27. The fraction of sp³-hybridized carbons (Fsp3) is 0.200. The van der Waals surface area contributed by atoms with E-state index < -0.39 is 6.09 Å². The molecule has 98 valence electrons. The van der Waals surface area contributed by atoms with Gasteiger partial charge in [0.25, 0.3) is 0 Å². The van der Waals surface area contributed by atoms with E-state index >= 15 is 0 Å². The van der Waals surface area contributed by atoms with E-state index in [1.807, 2.05) is 43.3 Å². The van der Waals surface area contributed by atoms with E-state index in [1.165, 1.54) is 4.90 Å². The van der Waals surface area contributed by atoms with E-state index in [0.717, 1.165) is 17.5 Å². The molecule has 0 spiro atoms. The van der Waals surface area contributed by atoms with Crippen molar-refractivity contribution < 1.29 is 9.90 Å². The number of aromatic nitrogens is 1. The molecule has 0 bridgehead atoms. The normalized spacial score (nSPS) is 10.2. The Morgan fingerprint density at radius 2 is 1.95 bits per heavy atom. The number of aryl methyl sites for hydroxylation is 1. The Kier molecular flexibility index (Phi) is 4.13. The first-order chi connectivity index (χ1) is 9.20. The third kappa shape index (κ3) is 3.31. The summed E-state index contributed by atoms with van der Waals surface area (Å²) < 4.78 is 0. The van der Waals surface area contributed by atoms with Crippen LogP contribution in [0, 0.1) is 0 Å². The Bertz CT molecular complexity index is 555. The molecular weight excluding hydrogens is 240 g/mol. The van der Waals surface area contributed by atoms with Crippen LogP contribution < -0.4 is 4.90 Å². The van der Waals surface area contributed by atoms with Crippen molar-refractivity contribution in [2.24, 2.45) is 0 Å². The SMILES string of the molecule is CCc1cccc(N(Cc2ccncc2)C(=O)O)c1. The van der Waals surface area contributed by atoms with Crippen LogP contribution in [0.1, 0.15) is 18.1 Å². The summed E-state index contributed by atoms with van der Waals surface area (Å²) in [6.07, 6.45) is 3.26. The number of carboxylic acid groups (broad SMARTS) is 1. The highest BCUT2D eigenvalue weighted by Crippen LogP contribution is 2.19. The molecule has 1 aromatic heterocycles. The van der Waals surface area contributed by atoms with Gasteiger partial charge in [0.15, 0.2) is 0 Å². The second-order valence-corrected chi connectivity index (χ2v) is 4.25. The third-order valence-corrected chi connectivity index (χ3v) is 2.95. The summed E-state index contributed by atoms with van der Waals surface area (Å²) in [6, 6.07) is 11.2.